The molecule has 2 N–H and O–H groups in total. The third-order valence-corrected chi connectivity index (χ3v) is 7.56. The van der Waals surface area contributed by atoms with Crippen LogP contribution in [0.4, 0.5) is 18.9 Å². The molecule has 4 aromatic rings. The molecule has 0 unspecified atom stereocenters. The van der Waals surface area contributed by atoms with Gasteiger partial charge >= 0.3 is 6.18 Å². The van der Waals surface area contributed by atoms with E-state index in [2.05, 4.69) is 15.8 Å². The summed E-state index contributed by atoms with van der Waals surface area (Å²) in [6.45, 7) is -0.838. The zero-order valence-electron chi connectivity index (χ0n) is 22.3. The van der Waals surface area contributed by atoms with Crippen LogP contribution < -0.4 is 19.8 Å². The van der Waals surface area contributed by atoms with E-state index in [-0.39, 0.29) is 29.6 Å². The molecule has 0 radical (unpaired) electrons. The van der Waals surface area contributed by atoms with Crippen LogP contribution in [0, 0.1) is 0 Å². The van der Waals surface area contributed by atoms with Crippen LogP contribution in [0.2, 0.25) is 0 Å². The van der Waals surface area contributed by atoms with Gasteiger partial charge in [-0.25, -0.2) is 13.8 Å². The predicted molar refractivity (Wildman–Crippen MR) is 151 cm³/mol. The molecule has 1 heterocycles. The third kappa shape index (κ3) is 8.69. The molecule has 0 bridgehead atoms. The van der Waals surface area contributed by atoms with E-state index in [1.807, 2.05) is 0 Å². The predicted octanol–water partition coefficient (Wildman–Crippen LogP) is 4.34. The van der Waals surface area contributed by atoms with Gasteiger partial charge in [-0.15, -0.1) is 0 Å². The lowest BCUT2D eigenvalue weighted by Gasteiger charge is -2.24. The standard InChI is InChI=1S/C29H25F3N4O6S/c30-29(31,32)22-6-4-7-23(16-22)36(43(39,40)26-9-2-1-3-10-26)19-27(37)35-34-17-21-11-13-24(14-12-21)42-20-28(38)33-18-25-8-5-15-41-25/h1-17H,18-20H2,(H,33,38)(H,35,37)/b34-17-. The van der Waals surface area contributed by atoms with Crippen LogP contribution in [0.25, 0.3) is 0 Å². The molecule has 10 nitrogen and oxygen atoms in total. The first-order valence-electron chi connectivity index (χ1n) is 12.6. The highest BCUT2D eigenvalue weighted by Gasteiger charge is 2.33. The van der Waals surface area contributed by atoms with Gasteiger partial charge in [-0.3, -0.25) is 13.9 Å². The summed E-state index contributed by atoms with van der Waals surface area (Å²) in [7, 11) is -4.41. The van der Waals surface area contributed by atoms with Crippen molar-refractivity contribution in [2.45, 2.75) is 17.6 Å². The summed E-state index contributed by atoms with van der Waals surface area (Å²) in [5, 5.41) is 6.46. The second-order valence-electron chi connectivity index (χ2n) is 8.88. The molecular formula is C29H25F3N4O6S. The van der Waals surface area contributed by atoms with E-state index in [1.54, 1.807) is 42.5 Å². The fraction of sp³-hybridized carbons (Fsp3) is 0.138. The molecule has 14 heteroatoms. The Morgan fingerprint density at radius 2 is 1.67 bits per heavy atom. The van der Waals surface area contributed by atoms with E-state index in [4.69, 9.17) is 9.15 Å². The van der Waals surface area contributed by atoms with Crippen molar-refractivity contribution in [3.63, 3.8) is 0 Å². The van der Waals surface area contributed by atoms with Crippen LogP contribution in [0.5, 0.6) is 5.75 Å². The maximum absolute atomic E-state index is 13.3. The number of carbonyl (C=O) groups excluding carboxylic acids is 2. The number of hydrazone groups is 1. The Hall–Kier alpha value is -5.11. The molecule has 0 fully saturated rings. The molecule has 224 valence electrons. The van der Waals surface area contributed by atoms with E-state index in [1.165, 1.54) is 42.8 Å². The Morgan fingerprint density at radius 3 is 2.35 bits per heavy atom. The molecule has 0 aliphatic carbocycles. The van der Waals surface area contributed by atoms with Gasteiger partial charge in [0.25, 0.3) is 21.8 Å². The molecule has 0 saturated heterocycles. The molecule has 4 rings (SSSR count). The first kappa shape index (κ1) is 30.8. The smallest absolute Gasteiger partial charge is 0.416 e. The number of amides is 2. The number of sulfonamides is 1. The van der Waals surface area contributed by atoms with E-state index in [0.717, 1.165) is 12.1 Å². The van der Waals surface area contributed by atoms with Gasteiger partial charge in [-0.05, 0) is 72.3 Å². The van der Waals surface area contributed by atoms with Gasteiger partial charge in [0.05, 0.1) is 35.2 Å². The monoisotopic (exact) mass is 614 g/mol. The Balaban J connectivity index is 1.37. The van der Waals surface area contributed by atoms with Gasteiger partial charge in [0.2, 0.25) is 0 Å². The SMILES string of the molecule is O=C(COc1ccc(/C=N\NC(=O)CN(c2cccc(C(F)(F)F)c2)S(=O)(=O)c2ccccc2)cc1)NCc1ccco1. The van der Waals surface area contributed by atoms with Gasteiger partial charge < -0.3 is 14.5 Å². The Bertz CT molecular complexity index is 1660. The zero-order chi connectivity index (χ0) is 30.9. The van der Waals surface area contributed by atoms with Gasteiger partial charge in [0, 0.05) is 0 Å². The minimum Gasteiger partial charge on any atom is -0.484 e. The number of nitrogens with one attached hydrogen (secondary N) is 2. The number of carbonyl (C=O) groups is 2. The van der Waals surface area contributed by atoms with Crippen molar-refractivity contribution in [1.29, 1.82) is 0 Å². The number of hydrogen-bond donors (Lipinski definition) is 2. The Kier molecular flexibility index (Phi) is 9.83. The summed E-state index contributed by atoms with van der Waals surface area (Å²) in [6, 6.07) is 20.5. The van der Waals surface area contributed by atoms with Gasteiger partial charge in [0.15, 0.2) is 6.61 Å². The van der Waals surface area contributed by atoms with E-state index >= 15 is 0 Å². The number of anilines is 1. The first-order chi connectivity index (χ1) is 20.5. The Morgan fingerprint density at radius 1 is 0.930 bits per heavy atom. The number of benzene rings is 3. The maximum atomic E-state index is 13.3. The molecule has 0 aliphatic heterocycles. The molecule has 3 aromatic carbocycles. The summed E-state index contributed by atoms with van der Waals surface area (Å²) in [5.41, 5.74) is 1.30. The second kappa shape index (κ2) is 13.7. The van der Waals surface area contributed by atoms with Gasteiger partial charge in [-0.1, -0.05) is 24.3 Å². The average Bonchev–Trinajstić information content (AvgIpc) is 3.52. The quantitative estimate of drug-likeness (QED) is 0.180. The second-order valence-corrected chi connectivity index (χ2v) is 10.7. The summed E-state index contributed by atoms with van der Waals surface area (Å²) >= 11 is 0. The first-order valence-corrected chi connectivity index (χ1v) is 14.1. The minimum absolute atomic E-state index is 0.207. The number of rotatable bonds is 12. The fourth-order valence-corrected chi connectivity index (χ4v) is 5.10. The van der Waals surface area contributed by atoms with Crippen molar-refractivity contribution >= 4 is 33.7 Å². The van der Waals surface area contributed by atoms with Gasteiger partial charge in [0.1, 0.15) is 18.1 Å². The lowest BCUT2D eigenvalue weighted by atomic mass is 10.2. The van der Waals surface area contributed by atoms with Crippen LogP contribution in [0.15, 0.2) is 112 Å². The van der Waals surface area contributed by atoms with Crippen molar-refractivity contribution in [1.82, 2.24) is 10.7 Å². The number of alkyl halides is 3. The summed E-state index contributed by atoms with van der Waals surface area (Å²) in [5.74, 6) is -0.241. The molecule has 1 aromatic heterocycles. The van der Waals surface area contributed by atoms with Crippen LogP contribution in [0.1, 0.15) is 16.9 Å². The van der Waals surface area contributed by atoms with Crippen molar-refractivity contribution in [2.24, 2.45) is 5.10 Å². The fourth-order valence-electron chi connectivity index (χ4n) is 3.67. The Labute approximate surface area is 244 Å². The maximum Gasteiger partial charge on any atom is 0.416 e. The normalized spacial score (nSPS) is 11.7. The van der Waals surface area contributed by atoms with Crippen LogP contribution >= 0.6 is 0 Å². The highest BCUT2D eigenvalue weighted by molar-refractivity contribution is 7.92. The summed E-state index contributed by atoms with van der Waals surface area (Å²) < 4.78 is 77.8. The lowest BCUT2D eigenvalue weighted by molar-refractivity contribution is -0.137. The number of nitrogens with zero attached hydrogens (tertiary/aromatic N) is 2. The highest BCUT2D eigenvalue weighted by atomic mass is 32.2. The number of hydrogen-bond acceptors (Lipinski definition) is 7. The van der Waals surface area contributed by atoms with Crippen LogP contribution in [-0.4, -0.2) is 39.6 Å². The minimum atomic E-state index is -4.72. The van der Waals surface area contributed by atoms with Gasteiger partial charge in [-0.2, -0.15) is 18.3 Å². The van der Waals surface area contributed by atoms with E-state index in [0.29, 0.717) is 27.4 Å². The van der Waals surface area contributed by atoms with Crippen molar-refractivity contribution in [3.05, 3.63) is 114 Å². The van der Waals surface area contributed by atoms with Crippen molar-refractivity contribution in [2.75, 3.05) is 17.5 Å². The lowest BCUT2D eigenvalue weighted by Crippen LogP contribution is -2.39. The largest absolute Gasteiger partial charge is 0.484 e. The highest BCUT2D eigenvalue weighted by Crippen LogP contribution is 2.33. The number of ether oxygens (including phenoxy) is 1. The molecule has 0 spiro atoms. The third-order valence-electron chi connectivity index (χ3n) is 5.77. The van der Waals surface area contributed by atoms with E-state index < -0.39 is 34.2 Å². The molecule has 0 saturated carbocycles. The topological polar surface area (TPSA) is 130 Å². The number of halogens is 3. The van der Waals surface area contributed by atoms with E-state index in [9.17, 15) is 31.2 Å². The molecule has 0 aliphatic rings. The molecule has 43 heavy (non-hydrogen) atoms. The molecular weight excluding hydrogens is 589 g/mol. The summed E-state index contributed by atoms with van der Waals surface area (Å²) in [6.07, 6.45) is -1.95. The average molecular weight is 615 g/mol. The van der Waals surface area contributed by atoms with Crippen LogP contribution in [0.3, 0.4) is 0 Å². The van der Waals surface area contributed by atoms with Crippen molar-refractivity contribution < 1.29 is 40.3 Å². The number of furan rings is 1. The molecule has 0 atom stereocenters. The van der Waals surface area contributed by atoms with Crippen molar-refractivity contribution in [3.8, 4) is 5.75 Å². The molecule has 2 amide bonds. The summed E-state index contributed by atoms with van der Waals surface area (Å²) in [4.78, 5) is 24.4. The zero-order valence-corrected chi connectivity index (χ0v) is 23.1. The van der Waals surface area contributed by atoms with Crippen LogP contribution in [-0.2, 0) is 32.3 Å².